The number of hydrogen-bond donors (Lipinski definition) is 0. The lowest BCUT2D eigenvalue weighted by atomic mass is 9.69. The van der Waals surface area contributed by atoms with Crippen molar-refractivity contribution in [3.05, 3.63) is 117 Å². The van der Waals surface area contributed by atoms with Crippen molar-refractivity contribution in [3.8, 4) is 5.75 Å². The number of rotatable bonds is 8. The Bertz CT molecular complexity index is 1130. The molecule has 0 aromatic heterocycles. The summed E-state index contributed by atoms with van der Waals surface area (Å²) in [5.74, 6) is 0.994. The molecule has 0 heterocycles. The highest BCUT2D eigenvalue weighted by Gasteiger charge is 2.52. The zero-order valence-electron chi connectivity index (χ0n) is 20.8. The van der Waals surface area contributed by atoms with Crippen molar-refractivity contribution in [3.63, 3.8) is 0 Å². The Kier molecular flexibility index (Phi) is 8.14. The van der Waals surface area contributed by atoms with Crippen molar-refractivity contribution >= 4 is 6.08 Å². The Labute approximate surface area is 205 Å². The van der Waals surface area contributed by atoms with Gasteiger partial charge in [0.25, 0.3) is 0 Å². The van der Waals surface area contributed by atoms with Gasteiger partial charge in [0.1, 0.15) is 17.7 Å². The smallest absolute Gasteiger partial charge is 0.497 e. The van der Waals surface area contributed by atoms with Crippen LogP contribution in [0.4, 0.5) is 0 Å². The van der Waals surface area contributed by atoms with Gasteiger partial charge in [0.2, 0.25) is 0 Å². The molecule has 2 atom stereocenters. The third-order valence-electron chi connectivity index (χ3n) is 6.86. The molecule has 34 heavy (non-hydrogen) atoms. The molecule has 174 valence electrons. The molecule has 3 heteroatoms. The first-order valence-corrected chi connectivity index (χ1v) is 11.9. The van der Waals surface area contributed by atoms with Crippen LogP contribution >= 0.6 is 0 Å². The molecule has 1 aliphatic carbocycles. The molecule has 0 N–H and O–H groups in total. The predicted octanol–water partition coefficient (Wildman–Crippen LogP) is 8.25. The average molecular weight is 451 g/mol. The molecule has 0 saturated heterocycles. The van der Waals surface area contributed by atoms with E-state index in [9.17, 15) is 0 Å². The fourth-order valence-corrected chi connectivity index (χ4v) is 5.38. The number of allylic oxidation sites excluding steroid dienone is 2. The van der Waals surface area contributed by atoms with Gasteiger partial charge in [-0.05, 0) is 74.4 Å². The maximum absolute atomic E-state index is 7.96. The number of aryl methyl sites for hydroxylation is 3. The Hall–Kier alpha value is -3.56. The largest absolute Gasteiger partial charge is 0.509 e. The summed E-state index contributed by atoms with van der Waals surface area (Å²) in [6, 6.07) is 12.5. The minimum Gasteiger partial charge on any atom is -0.497 e. The molecule has 0 unspecified atom stereocenters. The first kappa shape index (κ1) is 25.1. The van der Waals surface area contributed by atoms with Gasteiger partial charge in [-0.3, -0.25) is 0 Å². The zero-order chi connectivity index (χ0) is 24.7. The maximum Gasteiger partial charge on any atom is 0.509 e. The molecule has 2 aromatic rings. The fraction of sp³-hybridized carbons (Fsp3) is 0.355. The van der Waals surface area contributed by atoms with Gasteiger partial charge in [0, 0.05) is 11.8 Å². The topological polar surface area (TPSA) is 18.0 Å². The molecule has 3 nitrogen and oxygen atoms in total. The van der Waals surface area contributed by atoms with Gasteiger partial charge in [-0.25, -0.2) is 22.8 Å². The summed E-state index contributed by atoms with van der Waals surface area (Å²) in [7, 11) is 1.67. The van der Waals surface area contributed by atoms with Crippen molar-refractivity contribution in [2.75, 3.05) is 7.11 Å². The third-order valence-corrected chi connectivity index (χ3v) is 6.86. The summed E-state index contributed by atoms with van der Waals surface area (Å²) in [5, 5.41) is 0. The summed E-state index contributed by atoms with van der Waals surface area (Å²) < 4.78 is 5.31. The molecule has 1 aliphatic rings. The maximum atomic E-state index is 7.96. The molecule has 0 bridgehead atoms. The van der Waals surface area contributed by atoms with E-state index in [1.165, 1.54) is 22.3 Å². The van der Waals surface area contributed by atoms with Crippen LogP contribution in [0.2, 0.25) is 0 Å². The van der Waals surface area contributed by atoms with E-state index in [0.717, 1.165) is 36.1 Å². The van der Waals surface area contributed by atoms with E-state index in [-0.39, 0.29) is 11.8 Å². The van der Waals surface area contributed by atoms with Crippen molar-refractivity contribution in [1.82, 2.24) is 0 Å². The molecule has 2 aromatic carbocycles. The first-order chi connectivity index (χ1) is 16.4. The second kappa shape index (κ2) is 11.0. The van der Waals surface area contributed by atoms with E-state index >= 15 is 0 Å². The van der Waals surface area contributed by atoms with Crippen LogP contribution in [0.15, 0.2) is 66.8 Å². The number of nitrogens with zero attached hydrogens (tertiary/aromatic N) is 2. The SMILES string of the molecule is [C-]#[N+]C(CC=C)([N+]#[C-])C1=CCCC[C@H]1[C@@H](/C=C/c1ccc(OC)cc1)c1c(C)cc(C)cc1C. The van der Waals surface area contributed by atoms with Crippen LogP contribution in [0.25, 0.3) is 15.8 Å². The van der Waals surface area contributed by atoms with Crippen LogP contribution in [-0.4, -0.2) is 12.8 Å². The van der Waals surface area contributed by atoms with Crippen LogP contribution in [0.1, 0.15) is 59.4 Å². The van der Waals surface area contributed by atoms with Crippen LogP contribution in [0, 0.1) is 39.8 Å². The van der Waals surface area contributed by atoms with Crippen LogP contribution < -0.4 is 4.74 Å². The van der Waals surface area contributed by atoms with Crippen LogP contribution in [0.5, 0.6) is 5.75 Å². The Balaban J connectivity index is 2.16. The predicted molar refractivity (Wildman–Crippen MR) is 142 cm³/mol. The summed E-state index contributed by atoms with van der Waals surface area (Å²) in [5.41, 5.74) is 5.93. The van der Waals surface area contributed by atoms with E-state index in [0.29, 0.717) is 6.42 Å². The van der Waals surface area contributed by atoms with Gasteiger partial charge in [-0.2, -0.15) is 0 Å². The molecular formula is C31H34N2O. The Morgan fingerprint density at radius 1 is 1.12 bits per heavy atom. The van der Waals surface area contributed by atoms with Crippen molar-refractivity contribution in [1.29, 1.82) is 0 Å². The van der Waals surface area contributed by atoms with Gasteiger partial charge in [-0.1, -0.05) is 54.1 Å². The zero-order valence-corrected chi connectivity index (χ0v) is 20.8. The van der Waals surface area contributed by atoms with E-state index in [2.05, 4.69) is 79.5 Å². The van der Waals surface area contributed by atoms with Crippen molar-refractivity contribution in [2.45, 2.75) is 58.0 Å². The summed E-state index contributed by atoms with van der Waals surface area (Å²) in [4.78, 5) is 7.78. The molecule has 0 fully saturated rings. The fourth-order valence-electron chi connectivity index (χ4n) is 5.38. The van der Waals surface area contributed by atoms with E-state index in [4.69, 9.17) is 17.9 Å². The summed E-state index contributed by atoms with van der Waals surface area (Å²) in [6.45, 7) is 26.3. The number of hydrogen-bond acceptors (Lipinski definition) is 1. The molecule has 0 amide bonds. The van der Waals surface area contributed by atoms with Crippen molar-refractivity contribution < 1.29 is 4.74 Å². The molecule has 0 saturated carbocycles. The minimum atomic E-state index is -1.20. The Morgan fingerprint density at radius 3 is 2.32 bits per heavy atom. The number of methoxy groups -OCH3 is 1. The molecule has 3 rings (SSSR count). The highest BCUT2D eigenvalue weighted by Crippen LogP contribution is 2.47. The summed E-state index contributed by atoms with van der Waals surface area (Å²) >= 11 is 0. The van der Waals surface area contributed by atoms with Crippen LogP contribution in [0.3, 0.4) is 0 Å². The van der Waals surface area contributed by atoms with Gasteiger partial charge in [0.15, 0.2) is 0 Å². The van der Waals surface area contributed by atoms with Gasteiger partial charge < -0.3 is 4.74 Å². The second-order valence-corrected chi connectivity index (χ2v) is 9.20. The van der Waals surface area contributed by atoms with Crippen molar-refractivity contribution in [2.24, 2.45) is 5.92 Å². The van der Waals surface area contributed by atoms with Gasteiger partial charge >= 0.3 is 5.66 Å². The van der Waals surface area contributed by atoms with Gasteiger partial charge in [-0.15, -0.1) is 6.58 Å². The molecule has 0 radical (unpaired) electrons. The number of ether oxygens (including phenoxy) is 1. The van der Waals surface area contributed by atoms with E-state index in [1.807, 2.05) is 12.1 Å². The molecule has 0 aliphatic heterocycles. The lowest BCUT2D eigenvalue weighted by Crippen LogP contribution is -2.32. The lowest BCUT2D eigenvalue weighted by molar-refractivity contribution is 0.415. The minimum absolute atomic E-state index is 0.0712. The normalized spacial score (nSPS) is 16.9. The standard InChI is InChI=1S/C31H34N2O/c1-8-19-31(32-5,33-6)29-12-10-9-11-27(29)28(30-23(3)20-22(2)21-24(30)4)18-15-25-13-16-26(34-7)17-14-25/h8,12-18,20-21,27-28H,1,9-11,19H2,2-4,7H3/b18-15+/t27-,28+/m0/s1. The Morgan fingerprint density at radius 2 is 1.76 bits per heavy atom. The van der Waals surface area contributed by atoms with Crippen LogP contribution in [-0.2, 0) is 0 Å². The quantitative estimate of drug-likeness (QED) is 0.292. The second-order valence-electron chi connectivity index (χ2n) is 9.20. The molecule has 0 spiro atoms. The molecular weight excluding hydrogens is 416 g/mol. The number of benzene rings is 2. The average Bonchev–Trinajstić information content (AvgIpc) is 2.84. The van der Waals surface area contributed by atoms with E-state index < -0.39 is 5.66 Å². The third kappa shape index (κ3) is 5.16. The van der Waals surface area contributed by atoms with E-state index in [1.54, 1.807) is 13.2 Å². The highest BCUT2D eigenvalue weighted by molar-refractivity contribution is 5.55. The summed E-state index contributed by atoms with van der Waals surface area (Å²) in [6.07, 6.45) is 11.6. The monoisotopic (exact) mass is 450 g/mol. The lowest BCUT2D eigenvalue weighted by Gasteiger charge is -2.33. The van der Waals surface area contributed by atoms with Gasteiger partial charge in [0.05, 0.1) is 7.11 Å². The first-order valence-electron chi connectivity index (χ1n) is 11.9. The highest BCUT2D eigenvalue weighted by atomic mass is 16.5.